The zero-order chi connectivity index (χ0) is 14.7. The summed E-state index contributed by atoms with van der Waals surface area (Å²) in [5, 5.41) is 3.72. The molecule has 0 amide bonds. The lowest BCUT2D eigenvalue weighted by molar-refractivity contribution is -0.0982. The highest BCUT2D eigenvalue weighted by atomic mass is 16.5. The van der Waals surface area contributed by atoms with Gasteiger partial charge in [-0.3, -0.25) is 4.98 Å². The normalized spacial score (nSPS) is 26.1. The molecule has 1 aromatic heterocycles. The van der Waals surface area contributed by atoms with Crippen LogP contribution in [0.5, 0.6) is 0 Å². The summed E-state index contributed by atoms with van der Waals surface area (Å²) in [5.74, 6) is 0.666. The minimum Gasteiger partial charge on any atom is -0.375 e. The van der Waals surface area contributed by atoms with Crippen molar-refractivity contribution in [1.82, 2.24) is 10.3 Å². The molecule has 0 aromatic carbocycles. The molecule has 0 radical (unpaired) electrons. The molecule has 21 heavy (non-hydrogen) atoms. The minimum atomic E-state index is 0.187. The molecule has 2 heterocycles. The summed E-state index contributed by atoms with van der Waals surface area (Å²) in [6.45, 7) is 6.32. The number of aromatic nitrogens is 1. The highest BCUT2D eigenvalue weighted by Crippen LogP contribution is 2.45. The van der Waals surface area contributed by atoms with Gasteiger partial charge in [0.25, 0.3) is 0 Å². The number of hydrogen-bond acceptors (Lipinski definition) is 3. The average Bonchev–Trinajstić information content (AvgIpc) is 2.93. The van der Waals surface area contributed by atoms with E-state index in [1.165, 1.54) is 43.2 Å². The van der Waals surface area contributed by atoms with Crippen LogP contribution in [0, 0.1) is 12.8 Å². The van der Waals surface area contributed by atoms with Gasteiger partial charge in [-0.15, -0.1) is 0 Å². The second-order valence-corrected chi connectivity index (χ2v) is 6.76. The van der Waals surface area contributed by atoms with Crippen LogP contribution < -0.4 is 5.32 Å². The molecule has 1 aromatic rings. The molecule has 1 spiro atoms. The van der Waals surface area contributed by atoms with E-state index in [-0.39, 0.29) is 5.60 Å². The van der Waals surface area contributed by atoms with Crippen LogP contribution in [0.2, 0.25) is 0 Å². The third kappa shape index (κ3) is 3.14. The number of nitrogens with zero attached hydrogens (tertiary/aromatic N) is 1. The molecule has 2 atom stereocenters. The van der Waals surface area contributed by atoms with Crippen molar-refractivity contribution in [3.05, 3.63) is 29.6 Å². The maximum atomic E-state index is 6.21. The second-order valence-electron chi connectivity index (χ2n) is 6.76. The summed E-state index contributed by atoms with van der Waals surface area (Å²) in [6, 6.07) is 2.55. The van der Waals surface area contributed by atoms with E-state index in [0.717, 1.165) is 19.6 Å². The van der Waals surface area contributed by atoms with Gasteiger partial charge in [-0.25, -0.2) is 0 Å². The Morgan fingerprint density at radius 1 is 1.43 bits per heavy atom. The first-order valence-corrected chi connectivity index (χ1v) is 8.52. The fraction of sp³-hybridized carbons (Fsp3) is 0.722. The van der Waals surface area contributed by atoms with Gasteiger partial charge in [-0.1, -0.05) is 19.8 Å². The van der Waals surface area contributed by atoms with Crippen LogP contribution in [-0.4, -0.2) is 23.7 Å². The molecule has 0 bridgehead atoms. The molecule has 1 aliphatic carbocycles. The Hall–Kier alpha value is -0.930. The summed E-state index contributed by atoms with van der Waals surface area (Å²) >= 11 is 0. The molecule has 3 rings (SSSR count). The lowest BCUT2D eigenvalue weighted by Crippen LogP contribution is -2.42. The Morgan fingerprint density at radius 2 is 2.24 bits per heavy atom. The number of aryl methyl sites for hydroxylation is 1. The Bertz CT molecular complexity index is 468. The minimum absolute atomic E-state index is 0.187. The van der Waals surface area contributed by atoms with Crippen LogP contribution in [0.25, 0.3) is 0 Å². The standard InChI is InChI=1S/C18H28N2O/c1-3-20-17(16-13-19-10-6-14(16)2)15-7-11-21-18(12-15)8-4-5-9-18/h6,10,13,15,17,20H,3-5,7-9,11-12H2,1-2H3. The van der Waals surface area contributed by atoms with Crippen molar-refractivity contribution in [1.29, 1.82) is 0 Å². The zero-order valence-electron chi connectivity index (χ0n) is 13.4. The Labute approximate surface area is 128 Å². The first-order chi connectivity index (χ1) is 10.2. The first-order valence-electron chi connectivity index (χ1n) is 8.52. The van der Waals surface area contributed by atoms with Crippen molar-refractivity contribution in [3.63, 3.8) is 0 Å². The molecule has 2 unspecified atom stereocenters. The predicted molar refractivity (Wildman–Crippen MR) is 85.3 cm³/mol. The van der Waals surface area contributed by atoms with Crippen LogP contribution in [-0.2, 0) is 4.74 Å². The highest BCUT2D eigenvalue weighted by molar-refractivity contribution is 5.26. The largest absolute Gasteiger partial charge is 0.375 e. The van der Waals surface area contributed by atoms with Gasteiger partial charge in [-0.05, 0) is 62.3 Å². The fourth-order valence-corrected chi connectivity index (χ4v) is 4.27. The van der Waals surface area contributed by atoms with Gasteiger partial charge in [0.2, 0.25) is 0 Å². The fourth-order valence-electron chi connectivity index (χ4n) is 4.27. The smallest absolute Gasteiger partial charge is 0.0686 e. The third-order valence-electron chi connectivity index (χ3n) is 5.36. The molecule has 116 valence electrons. The van der Waals surface area contributed by atoms with Crippen molar-refractivity contribution in [2.75, 3.05) is 13.2 Å². The summed E-state index contributed by atoms with van der Waals surface area (Å²) in [7, 11) is 0. The van der Waals surface area contributed by atoms with Crippen molar-refractivity contribution < 1.29 is 4.74 Å². The van der Waals surface area contributed by atoms with E-state index in [1.54, 1.807) is 0 Å². The van der Waals surface area contributed by atoms with Crippen LogP contribution in [0.15, 0.2) is 18.5 Å². The first kappa shape index (κ1) is 15.0. The molecule has 1 aliphatic heterocycles. The van der Waals surface area contributed by atoms with E-state index in [1.807, 2.05) is 6.20 Å². The van der Waals surface area contributed by atoms with Gasteiger partial charge >= 0.3 is 0 Å². The van der Waals surface area contributed by atoms with Crippen molar-refractivity contribution >= 4 is 0 Å². The Kier molecular flexibility index (Phi) is 4.60. The molecular weight excluding hydrogens is 260 g/mol. The van der Waals surface area contributed by atoms with Gasteiger partial charge in [0, 0.05) is 25.0 Å². The Balaban J connectivity index is 1.82. The van der Waals surface area contributed by atoms with Gasteiger partial charge in [0.1, 0.15) is 0 Å². The molecule has 2 aliphatic rings. The topological polar surface area (TPSA) is 34.2 Å². The molecule has 3 heteroatoms. The van der Waals surface area contributed by atoms with E-state index in [4.69, 9.17) is 4.74 Å². The average molecular weight is 288 g/mol. The van der Waals surface area contributed by atoms with E-state index >= 15 is 0 Å². The van der Waals surface area contributed by atoms with Crippen LogP contribution >= 0.6 is 0 Å². The number of ether oxygens (including phenoxy) is 1. The van der Waals surface area contributed by atoms with Gasteiger partial charge in [0.05, 0.1) is 5.60 Å². The Morgan fingerprint density at radius 3 is 2.95 bits per heavy atom. The molecule has 3 nitrogen and oxygen atoms in total. The quantitative estimate of drug-likeness (QED) is 0.915. The molecule has 1 saturated carbocycles. The SMILES string of the molecule is CCNC(c1cnccc1C)C1CCOC2(CCCC2)C1. The third-order valence-corrected chi connectivity index (χ3v) is 5.36. The van der Waals surface area contributed by atoms with E-state index in [2.05, 4.69) is 36.4 Å². The molecule has 1 N–H and O–H groups in total. The summed E-state index contributed by atoms with van der Waals surface area (Å²) < 4.78 is 6.21. The second kappa shape index (κ2) is 6.45. The summed E-state index contributed by atoms with van der Waals surface area (Å²) in [4.78, 5) is 4.36. The van der Waals surface area contributed by atoms with E-state index in [9.17, 15) is 0 Å². The number of hydrogen-bond donors (Lipinski definition) is 1. The maximum Gasteiger partial charge on any atom is 0.0686 e. The lowest BCUT2D eigenvalue weighted by Gasteiger charge is -2.42. The van der Waals surface area contributed by atoms with Crippen molar-refractivity contribution in [2.24, 2.45) is 5.92 Å². The molecule has 2 fully saturated rings. The summed E-state index contributed by atoms with van der Waals surface area (Å²) in [6.07, 6.45) is 11.5. The maximum absolute atomic E-state index is 6.21. The van der Waals surface area contributed by atoms with Crippen molar-refractivity contribution in [2.45, 2.75) is 64.0 Å². The number of nitrogens with one attached hydrogen (secondary N) is 1. The highest BCUT2D eigenvalue weighted by Gasteiger charge is 2.42. The van der Waals surface area contributed by atoms with Crippen LogP contribution in [0.4, 0.5) is 0 Å². The predicted octanol–water partition coefficient (Wildman–Crippen LogP) is 3.78. The van der Waals surface area contributed by atoms with E-state index in [0.29, 0.717) is 12.0 Å². The van der Waals surface area contributed by atoms with Gasteiger partial charge < -0.3 is 10.1 Å². The van der Waals surface area contributed by atoms with Crippen LogP contribution in [0.1, 0.15) is 62.6 Å². The molecular formula is C18H28N2O. The zero-order valence-corrected chi connectivity index (χ0v) is 13.4. The molecule has 1 saturated heterocycles. The lowest BCUT2D eigenvalue weighted by atomic mass is 9.78. The van der Waals surface area contributed by atoms with Gasteiger partial charge in [0.15, 0.2) is 0 Å². The monoisotopic (exact) mass is 288 g/mol. The number of pyridine rings is 1. The van der Waals surface area contributed by atoms with E-state index < -0.39 is 0 Å². The van der Waals surface area contributed by atoms with Crippen molar-refractivity contribution in [3.8, 4) is 0 Å². The van der Waals surface area contributed by atoms with Crippen LogP contribution in [0.3, 0.4) is 0 Å². The number of rotatable bonds is 4. The van der Waals surface area contributed by atoms with Gasteiger partial charge in [-0.2, -0.15) is 0 Å². The summed E-state index contributed by atoms with van der Waals surface area (Å²) in [5.41, 5.74) is 2.91.